The molecule has 0 saturated carbocycles. The molecular weight excluding hydrogens is 329 g/mol. The van der Waals surface area contributed by atoms with E-state index >= 15 is 0 Å². The largest absolute Gasteiger partial charge is 0.481 e. The number of anilines is 1. The van der Waals surface area contributed by atoms with Crippen LogP contribution in [0, 0.1) is 0 Å². The number of benzene rings is 2. The highest BCUT2D eigenvalue weighted by Crippen LogP contribution is 2.32. The maximum Gasteiger partial charge on any atom is 0.262 e. The normalized spacial score (nSPS) is 10.2. The summed E-state index contributed by atoms with van der Waals surface area (Å²) < 4.78 is 5.38. The van der Waals surface area contributed by atoms with Crippen molar-refractivity contribution >= 4 is 46.6 Å². The van der Waals surface area contributed by atoms with Gasteiger partial charge in [0.15, 0.2) is 12.4 Å². The van der Waals surface area contributed by atoms with Crippen LogP contribution >= 0.6 is 35.0 Å². The third-order valence-corrected chi connectivity index (χ3v) is 3.94. The molecule has 2 rings (SSSR count). The van der Waals surface area contributed by atoms with Crippen LogP contribution in [0.1, 0.15) is 0 Å². The minimum atomic E-state index is -0.274. The Morgan fingerprint density at radius 2 is 1.86 bits per heavy atom. The summed E-state index contributed by atoms with van der Waals surface area (Å²) >= 11 is 13.5. The van der Waals surface area contributed by atoms with Crippen molar-refractivity contribution in [2.75, 3.05) is 18.2 Å². The zero-order chi connectivity index (χ0) is 15.2. The summed E-state index contributed by atoms with van der Waals surface area (Å²) in [5.41, 5.74) is 0.723. The summed E-state index contributed by atoms with van der Waals surface area (Å²) in [6.07, 6.45) is 1.98. The van der Waals surface area contributed by atoms with E-state index in [9.17, 15) is 4.79 Å². The Kier molecular flexibility index (Phi) is 5.79. The predicted molar refractivity (Wildman–Crippen MR) is 88.8 cm³/mol. The summed E-state index contributed by atoms with van der Waals surface area (Å²) in [6.45, 7) is -0.160. The van der Waals surface area contributed by atoms with Crippen molar-refractivity contribution in [2.45, 2.75) is 4.90 Å². The number of thioether (sulfide) groups is 1. The zero-order valence-corrected chi connectivity index (χ0v) is 13.6. The molecule has 110 valence electrons. The molecule has 0 spiro atoms. The van der Waals surface area contributed by atoms with E-state index in [-0.39, 0.29) is 12.5 Å². The molecule has 0 aromatic heterocycles. The number of nitrogens with one attached hydrogen (secondary N) is 1. The van der Waals surface area contributed by atoms with Gasteiger partial charge in [-0.3, -0.25) is 4.79 Å². The molecule has 0 aliphatic rings. The molecule has 2 aromatic carbocycles. The van der Waals surface area contributed by atoms with Gasteiger partial charge in [0.1, 0.15) is 0 Å². The molecule has 0 radical (unpaired) electrons. The fourth-order valence-electron chi connectivity index (χ4n) is 1.66. The lowest BCUT2D eigenvalue weighted by atomic mass is 10.3. The first-order chi connectivity index (χ1) is 10.1. The Morgan fingerprint density at radius 1 is 1.19 bits per heavy atom. The number of rotatable bonds is 5. The number of halogens is 2. The van der Waals surface area contributed by atoms with E-state index in [1.807, 2.05) is 30.5 Å². The molecule has 0 aliphatic heterocycles. The van der Waals surface area contributed by atoms with Crippen LogP contribution < -0.4 is 10.1 Å². The molecule has 0 aliphatic carbocycles. The van der Waals surface area contributed by atoms with Gasteiger partial charge in [-0.05, 0) is 36.6 Å². The second kappa shape index (κ2) is 7.59. The number of hydrogen-bond acceptors (Lipinski definition) is 3. The maximum absolute atomic E-state index is 11.9. The highest BCUT2D eigenvalue weighted by atomic mass is 35.5. The predicted octanol–water partition coefficient (Wildman–Crippen LogP) is 4.73. The molecule has 1 amide bonds. The summed E-state index contributed by atoms with van der Waals surface area (Å²) in [5, 5.41) is 3.51. The second-order valence-corrected chi connectivity index (χ2v) is 5.81. The molecular formula is C15H13Cl2NO2S. The third-order valence-electron chi connectivity index (χ3n) is 2.62. The van der Waals surface area contributed by atoms with Gasteiger partial charge in [0.25, 0.3) is 5.91 Å². The Bertz CT molecular complexity index is 629. The van der Waals surface area contributed by atoms with E-state index in [0.717, 1.165) is 10.6 Å². The van der Waals surface area contributed by atoms with Crippen molar-refractivity contribution in [3.63, 3.8) is 0 Å². The van der Waals surface area contributed by atoms with Gasteiger partial charge in [0.05, 0.1) is 10.0 Å². The van der Waals surface area contributed by atoms with Crippen LogP contribution in [-0.2, 0) is 4.79 Å². The van der Waals surface area contributed by atoms with Crippen LogP contribution in [0.25, 0.3) is 0 Å². The van der Waals surface area contributed by atoms with Crippen LogP contribution in [0.5, 0.6) is 5.75 Å². The van der Waals surface area contributed by atoms with Gasteiger partial charge < -0.3 is 10.1 Å². The van der Waals surface area contributed by atoms with Crippen LogP contribution in [0.2, 0.25) is 10.0 Å². The monoisotopic (exact) mass is 341 g/mol. The number of carbonyl (C=O) groups is 1. The van der Waals surface area contributed by atoms with Crippen molar-refractivity contribution in [1.82, 2.24) is 0 Å². The number of para-hydroxylation sites is 1. The molecule has 2 aromatic rings. The van der Waals surface area contributed by atoms with Crippen molar-refractivity contribution in [3.05, 3.63) is 52.5 Å². The lowest BCUT2D eigenvalue weighted by Crippen LogP contribution is -2.20. The van der Waals surface area contributed by atoms with Crippen molar-refractivity contribution in [3.8, 4) is 5.75 Å². The quantitative estimate of drug-likeness (QED) is 0.798. The van der Waals surface area contributed by atoms with E-state index in [0.29, 0.717) is 15.8 Å². The van der Waals surface area contributed by atoms with Crippen LogP contribution in [-0.4, -0.2) is 18.8 Å². The summed E-state index contributed by atoms with van der Waals surface area (Å²) in [6, 6.07) is 12.6. The molecule has 21 heavy (non-hydrogen) atoms. The number of amides is 1. The minimum Gasteiger partial charge on any atom is -0.481 e. The summed E-state index contributed by atoms with van der Waals surface area (Å²) in [4.78, 5) is 13.0. The first-order valence-corrected chi connectivity index (χ1v) is 8.09. The Balaban J connectivity index is 1.96. The zero-order valence-electron chi connectivity index (χ0n) is 11.2. The molecule has 0 fully saturated rings. The Hall–Kier alpha value is -1.36. The average molecular weight is 342 g/mol. The molecule has 0 atom stereocenters. The van der Waals surface area contributed by atoms with Crippen LogP contribution in [0.15, 0.2) is 47.4 Å². The van der Waals surface area contributed by atoms with E-state index in [1.54, 1.807) is 30.0 Å². The Morgan fingerprint density at radius 3 is 2.52 bits per heavy atom. The van der Waals surface area contributed by atoms with Crippen molar-refractivity contribution < 1.29 is 9.53 Å². The van der Waals surface area contributed by atoms with Gasteiger partial charge in [-0.2, -0.15) is 0 Å². The summed E-state index contributed by atoms with van der Waals surface area (Å²) in [5.74, 6) is 0.0399. The number of hydrogen-bond donors (Lipinski definition) is 1. The van der Waals surface area contributed by atoms with Crippen molar-refractivity contribution in [2.24, 2.45) is 0 Å². The lowest BCUT2D eigenvalue weighted by molar-refractivity contribution is -0.118. The smallest absolute Gasteiger partial charge is 0.262 e. The highest BCUT2D eigenvalue weighted by Gasteiger charge is 2.09. The van der Waals surface area contributed by atoms with E-state index in [1.165, 1.54) is 0 Å². The lowest BCUT2D eigenvalue weighted by Gasteiger charge is -2.10. The second-order valence-electron chi connectivity index (χ2n) is 4.12. The molecule has 0 unspecified atom stereocenters. The fourth-order valence-corrected chi connectivity index (χ4v) is 2.62. The van der Waals surface area contributed by atoms with E-state index < -0.39 is 0 Å². The molecule has 3 nitrogen and oxygen atoms in total. The molecule has 0 bridgehead atoms. The van der Waals surface area contributed by atoms with Gasteiger partial charge in [-0.1, -0.05) is 35.3 Å². The third kappa shape index (κ3) is 4.56. The summed E-state index contributed by atoms with van der Waals surface area (Å²) in [7, 11) is 0. The maximum atomic E-state index is 11.9. The first kappa shape index (κ1) is 16.0. The SMILES string of the molecule is CSc1cccc(NC(=O)COc2c(Cl)cccc2Cl)c1. The number of ether oxygens (including phenoxy) is 1. The molecule has 0 heterocycles. The standard InChI is InChI=1S/C15H13Cl2NO2S/c1-21-11-5-2-4-10(8-11)18-14(19)9-20-15-12(16)6-3-7-13(15)17/h2-8H,9H2,1H3,(H,18,19). The van der Waals surface area contributed by atoms with Gasteiger partial charge in [0.2, 0.25) is 0 Å². The first-order valence-electron chi connectivity index (χ1n) is 6.11. The number of carbonyl (C=O) groups excluding carboxylic acids is 1. The molecule has 1 N–H and O–H groups in total. The van der Waals surface area contributed by atoms with Gasteiger partial charge >= 0.3 is 0 Å². The highest BCUT2D eigenvalue weighted by molar-refractivity contribution is 7.98. The van der Waals surface area contributed by atoms with Gasteiger partial charge in [-0.15, -0.1) is 11.8 Å². The van der Waals surface area contributed by atoms with E-state index in [4.69, 9.17) is 27.9 Å². The van der Waals surface area contributed by atoms with Crippen LogP contribution in [0.4, 0.5) is 5.69 Å². The van der Waals surface area contributed by atoms with Crippen molar-refractivity contribution in [1.29, 1.82) is 0 Å². The molecule has 0 saturated heterocycles. The minimum absolute atomic E-state index is 0.160. The Labute approximate surface area is 137 Å². The van der Waals surface area contributed by atoms with Gasteiger partial charge in [0, 0.05) is 10.6 Å². The topological polar surface area (TPSA) is 38.3 Å². The van der Waals surface area contributed by atoms with E-state index in [2.05, 4.69) is 5.32 Å². The van der Waals surface area contributed by atoms with Crippen LogP contribution in [0.3, 0.4) is 0 Å². The van der Waals surface area contributed by atoms with Gasteiger partial charge in [-0.25, -0.2) is 0 Å². The average Bonchev–Trinajstić information content (AvgIpc) is 2.47. The molecule has 6 heteroatoms. The fraction of sp³-hybridized carbons (Fsp3) is 0.133.